The van der Waals surface area contributed by atoms with E-state index < -0.39 is 11.6 Å². The number of amides is 3. The van der Waals surface area contributed by atoms with Gasteiger partial charge in [0.15, 0.2) is 5.78 Å². The maximum absolute atomic E-state index is 13.2. The third-order valence-corrected chi connectivity index (χ3v) is 7.14. The number of hydrogen-bond donors (Lipinski definition) is 1. The molecule has 2 aromatic rings. The van der Waals surface area contributed by atoms with E-state index in [0.717, 1.165) is 48.5 Å². The number of rotatable bonds is 6. The molecule has 6 nitrogen and oxygen atoms in total. The van der Waals surface area contributed by atoms with Crippen LogP contribution >= 0.6 is 0 Å². The van der Waals surface area contributed by atoms with E-state index in [0.29, 0.717) is 12.0 Å². The molecule has 164 valence electrons. The predicted molar refractivity (Wildman–Crippen MR) is 119 cm³/mol. The Morgan fingerprint density at radius 2 is 1.90 bits per heavy atom. The highest BCUT2D eigenvalue weighted by Gasteiger charge is 2.55. The smallest absolute Gasteiger partial charge is 0.325 e. The number of ketones is 1. The summed E-state index contributed by atoms with van der Waals surface area (Å²) in [5.74, 6) is -0.347. The minimum absolute atomic E-state index is 0.0841. The van der Waals surface area contributed by atoms with Gasteiger partial charge in [-0.25, -0.2) is 4.79 Å². The van der Waals surface area contributed by atoms with Crippen molar-refractivity contribution in [1.82, 2.24) is 14.8 Å². The topological polar surface area (TPSA) is 71.4 Å². The number of imide groups is 1. The molecule has 3 amide bonds. The first-order chi connectivity index (χ1) is 14.8. The third-order valence-electron chi connectivity index (χ3n) is 7.14. The van der Waals surface area contributed by atoms with Crippen LogP contribution in [0, 0.1) is 19.8 Å². The first-order valence-corrected chi connectivity index (χ1v) is 11.2. The van der Waals surface area contributed by atoms with Gasteiger partial charge in [0.2, 0.25) is 0 Å². The van der Waals surface area contributed by atoms with Crippen molar-refractivity contribution in [2.45, 2.75) is 65.0 Å². The van der Waals surface area contributed by atoms with Crippen molar-refractivity contribution in [3.8, 4) is 0 Å². The van der Waals surface area contributed by atoms with Crippen LogP contribution in [0.4, 0.5) is 4.79 Å². The van der Waals surface area contributed by atoms with Crippen molar-refractivity contribution in [3.63, 3.8) is 0 Å². The van der Waals surface area contributed by atoms with Crippen LogP contribution in [0.3, 0.4) is 0 Å². The van der Waals surface area contributed by atoms with Crippen molar-refractivity contribution in [2.75, 3.05) is 6.54 Å². The Hall–Kier alpha value is -2.89. The number of carbonyl (C=O) groups is 3. The molecule has 4 rings (SSSR count). The van der Waals surface area contributed by atoms with Crippen LogP contribution in [0.5, 0.6) is 0 Å². The monoisotopic (exact) mass is 421 g/mol. The fraction of sp³-hybridized carbons (Fsp3) is 0.480. The second-order valence-electron chi connectivity index (χ2n) is 9.03. The molecule has 1 N–H and O–H groups in total. The number of hydrogen-bond acceptors (Lipinski definition) is 3. The van der Waals surface area contributed by atoms with Gasteiger partial charge in [-0.1, -0.05) is 50.1 Å². The summed E-state index contributed by atoms with van der Waals surface area (Å²) in [5.41, 5.74) is 2.89. The summed E-state index contributed by atoms with van der Waals surface area (Å²) in [6.45, 7) is 6.51. The van der Waals surface area contributed by atoms with E-state index in [1.807, 2.05) is 45.0 Å². The van der Waals surface area contributed by atoms with Gasteiger partial charge in [0.25, 0.3) is 5.91 Å². The average molecular weight is 422 g/mol. The van der Waals surface area contributed by atoms with Gasteiger partial charge in [-0.3, -0.25) is 14.5 Å². The molecule has 0 bridgehead atoms. The van der Waals surface area contributed by atoms with E-state index in [2.05, 4.69) is 22.0 Å². The lowest BCUT2D eigenvalue weighted by Gasteiger charge is -2.36. The third kappa shape index (κ3) is 3.80. The average Bonchev–Trinajstić information content (AvgIpc) is 3.17. The molecule has 0 unspecified atom stereocenters. The Morgan fingerprint density at radius 1 is 1.16 bits per heavy atom. The Kier molecular flexibility index (Phi) is 5.73. The molecule has 1 saturated heterocycles. The zero-order valence-electron chi connectivity index (χ0n) is 18.6. The van der Waals surface area contributed by atoms with Crippen molar-refractivity contribution < 1.29 is 14.4 Å². The van der Waals surface area contributed by atoms with E-state index in [-0.39, 0.29) is 24.2 Å². The second kappa shape index (κ2) is 8.33. The number of aromatic nitrogens is 1. The molecule has 1 aromatic heterocycles. The maximum atomic E-state index is 13.2. The molecule has 2 aliphatic rings. The lowest BCUT2D eigenvalue weighted by atomic mass is 9.73. The molecular formula is C25H31N3O3. The zero-order valence-corrected chi connectivity index (χ0v) is 18.6. The molecule has 0 radical (unpaired) electrons. The van der Waals surface area contributed by atoms with Crippen molar-refractivity contribution in [2.24, 2.45) is 5.92 Å². The van der Waals surface area contributed by atoms with E-state index in [9.17, 15) is 14.4 Å². The Morgan fingerprint density at radius 3 is 2.61 bits per heavy atom. The lowest BCUT2D eigenvalue weighted by molar-refractivity contribution is -0.133. The Labute approximate surface area is 183 Å². The van der Waals surface area contributed by atoms with Gasteiger partial charge in [-0.05, 0) is 50.7 Å². The molecule has 1 aliphatic carbocycles. The highest BCUT2D eigenvalue weighted by atomic mass is 16.2. The van der Waals surface area contributed by atoms with Gasteiger partial charge >= 0.3 is 6.03 Å². The molecule has 1 spiro atoms. The zero-order chi connectivity index (χ0) is 22.2. The minimum Gasteiger partial charge on any atom is -0.348 e. The van der Waals surface area contributed by atoms with Crippen molar-refractivity contribution >= 4 is 17.7 Å². The molecule has 31 heavy (non-hydrogen) atoms. The van der Waals surface area contributed by atoms with Crippen molar-refractivity contribution in [3.05, 3.63) is 58.9 Å². The molecule has 2 heterocycles. The molecule has 1 saturated carbocycles. The van der Waals surface area contributed by atoms with E-state index in [1.54, 1.807) is 0 Å². The van der Waals surface area contributed by atoms with E-state index >= 15 is 0 Å². The molecule has 6 heteroatoms. The van der Waals surface area contributed by atoms with Crippen LogP contribution in [-0.4, -0.2) is 39.3 Å². The summed E-state index contributed by atoms with van der Waals surface area (Å²) in [6.07, 6.45) is 4.42. The van der Waals surface area contributed by atoms with E-state index in [4.69, 9.17) is 0 Å². The van der Waals surface area contributed by atoms with Crippen molar-refractivity contribution in [1.29, 1.82) is 0 Å². The van der Waals surface area contributed by atoms with Crippen LogP contribution in [0.2, 0.25) is 0 Å². The van der Waals surface area contributed by atoms with Crippen LogP contribution in [0.15, 0.2) is 36.4 Å². The molecule has 2 atom stereocenters. The SMILES string of the molecule is Cc1cc(C(=O)CN2C(=O)N[C@]3(CCCC[C@H]3C)C2=O)c(C)n1CCc1ccccc1. The van der Waals surface area contributed by atoms with Gasteiger partial charge in [-0.15, -0.1) is 0 Å². The molecule has 2 fully saturated rings. The van der Waals surface area contributed by atoms with E-state index in [1.165, 1.54) is 5.56 Å². The number of nitrogens with zero attached hydrogens (tertiary/aromatic N) is 2. The minimum atomic E-state index is -0.831. The second-order valence-corrected chi connectivity index (χ2v) is 9.03. The fourth-order valence-electron chi connectivity index (χ4n) is 5.18. The predicted octanol–water partition coefficient (Wildman–Crippen LogP) is 4.03. The summed E-state index contributed by atoms with van der Waals surface area (Å²) < 4.78 is 2.14. The van der Waals surface area contributed by atoms with Gasteiger partial charge in [0.1, 0.15) is 5.54 Å². The summed E-state index contributed by atoms with van der Waals surface area (Å²) in [5, 5.41) is 2.93. The Bertz CT molecular complexity index is 1010. The summed E-state index contributed by atoms with van der Waals surface area (Å²) >= 11 is 0. The lowest BCUT2D eigenvalue weighted by Crippen LogP contribution is -2.54. The summed E-state index contributed by atoms with van der Waals surface area (Å²) in [7, 11) is 0. The normalized spacial score (nSPS) is 23.5. The summed E-state index contributed by atoms with van der Waals surface area (Å²) in [4.78, 5) is 40.0. The van der Waals surface area contributed by atoms with Crippen LogP contribution in [0.25, 0.3) is 0 Å². The number of benzene rings is 1. The van der Waals surface area contributed by atoms with Gasteiger partial charge in [0, 0.05) is 23.5 Å². The first kappa shape index (κ1) is 21.3. The molecular weight excluding hydrogens is 390 g/mol. The van der Waals surface area contributed by atoms with Crippen LogP contribution < -0.4 is 5.32 Å². The highest BCUT2D eigenvalue weighted by Crippen LogP contribution is 2.38. The van der Waals surface area contributed by atoms with Gasteiger partial charge in [0.05, 0.1) is 6.54 Å². The first-order valence-electron chi connectivity index (χ1n) is 11.2. The Balaban J connectivity index is 1.49. The largest absolute Gasteiger partial charge is 0.348 e. The number of urea groups is 1. The number of carbonyl (C=O) groups excluding carboxylic acids is 3. The van der Waals surface area contributed by atoms with Crippen LogP contribution in [0.1, 0.15) is 59.9 Å². The standard InChI is InChI=1S/C25H31N3O3/c1-17-9-7-8-13-25(17)23(30)28(24(31)26-25)16-22(29)21-15-18(2)27(19(21)3)14-12-20-10-5-4-6-11-20/h4-6,10-11,15,17H,7-9,12-14,16H2,1-3H3,(H,26,31)/t17-,25+/m1/s1. The van der Waals surface area contributed by atoms with Gasteiger partial charge in [-0.2, -0.15) is 0 Å². The number of Topliss-reactive ketones (excluding diaryl/α,β-unsaturated/α-hetero) is 1. The number of nitrogens with one attached hydrogen (secondary N) is 1. The highest BCUT2D eigenvalue weighted by molar-refractivity contribution is 6.11. The van der Waals surface area contributed by atoms with Gasteiger partial charge < -0.3 is 9.88 Å². The molecule has 1 aromatic carbocycles. The molecule has 1 aliphatic heterocycles. The number of aryl methyl sites for hydroxylation is 2. The maximum Gasteiger partial charge on any atom is 0.325 e. The van der Waals surface area contributed by atoms with Crippen LogP contribution in [-0.2, 0) is 17.8 Å². The summed E-state index contributed by atoms with van der Waals surface area (Å²) in [6, 6.07) is 11.7. The quantitative estimate of drug-likeness (QED) is 0.565. The fourth-order valence-corrected chi connectivity index (χ4v) is 5.18.